The summed E-state index contributed by atoms with van der Waals surface area (Å²) >= 11 is 0. The van der Waals surface area contributed by atoms with E-state index in [1.165, 1.54) is 5.56 Å². The highest BCUT2D eigenvalue weighted by Gasteiger charge is 1.93. The lowest BCUT2D eigenvalue weighted by molar-refractivity contribution is -0.107. The van der Waals surface area contributed by atoms with Gasteiger partial charge in [0.1, 0.15) is 12.0 Å². The van der Waals surface area contributed by atoms with E-state index >= 15 is 0 Å². The van der Waals surface area contributed by atoms with Crippen LogP contribution >= 0.6 is 0 Å². The number of carbonyl (C=O) groups excluding carboxylic acids is 1. The predicted molar refractivity (Wildman–Crippen MR) is 84.5 cm³/mol. The monoisotopic (exact) mass is 269 g/mol. The molecular formula is C16H31NO2. The molecule has 0 heterocycles. The lowest BCUT2D eigenvalue weighted by atomic mass is 10.2. The summed E-state index contributed by atoms with van der Waals surface area (Å²) in [5, 5.41) is 8.98. The molecule has 3 heteroatoms. The van der Waals surface area contributed by atoms with Crippen molar-refractivity contribution in [1.29, 1.82) is 0 Å². The Labute approximate surface area is 119 Å². The summed E-state index contributed by atoms with van der Waals surface area (Å²) in [6.07, 6.45) is 1.51. The molecule has 0 spiro atoms. The molecule has 0 saturated carbocycles. The highest BCUT2D eigenvalue weighted by atomic mass is 16.3. The Hall–Kier alpha value is -1.35. The summed E-state index contributed by atoms with van der Waals surface area (Å²) in [5.41, 5.74) is 1.22. The fourth-order valence-electron chi connectivity index (χ4n) is 0.967. The number of benzene rings is 1. The summed E-state index contributed by atoms with van der Waals surface area (Å²) in [6, 6.07) is 7.27. The third-order valence-electron chi connectivity index (χ3n) is 1.60. The Morgan fingerprint density at radius 1 is 1.05 bits per heavy atom. The van der Waals surface area contributed by atoms with Crippen LogP contribution in [0.5, 0.6) is 5.75 Å². The van der Waals surface area contributed by atoms with Crippen LogP contribution in [-0.4, -0.2) is 30.4 Å². The fraction of sp³-hybridized carbons (Fsp3) is 0.562. The van der Waals surface area contributed by atoms with Gasteiger partial charge in [-0.1, -0.05) is 46.8 Å². The standard InChI is InChI=1S/C9H13NO.C3H6O.2C2H6/c1-10(2)7-8-3-5-9(11)6-4-8;1-2-3-4;2*1-2/h3-6,11H,7H2,1-2H3;3H,2H2,1H3;2*1-2H3. The Morgan fingerprint density at radius 3 is 1.68 bits per heavy atom. The van der Waals surface area contributed by atoms with E-state index in [4.69, 9.17) is 5.11 Å². The number of phenols is 1. The molecule has 112 valence electrons. The number of phenolic OH excluding ortho intramolecular Hbond substituents is 1. The van der Waals surface area contributed by atoms with Gasteiger partial charge in [-0.25, -0.2) is 0 Å². The smallest absolute Gasteiger partial charge is 0.119 e. The highest BCUT2D eigenvalue weighted by molar-refractivity contribution is 5.48. The average molecular weight is 269 g/mol. The van der Waals surface area contributed by atoms with Crippen LogP contribution in [0.1, 0.15) is 46.6 Å². The first kappa shape index (κ1) is 22.8. The second kappa shape index (κ2) is 19.0. The Balaban J connectivity index is -0.000000271. The topological polar surface area (TPSA) is 40.5 Å². The van der Waals surface area contributed by atoms with Gasteiger partial charge in [-0.2, -0.15) is 0 Å². The van der Waals surface area contributed by atoms with Gasteiger partial charge >= 0.3 is 0 Å². The zero-order chi connectivity index (χ0) is 15.7. The van der Waals surface area contributed by atoms with Crippen molar-refractivity contribution in [1.82, 2.24) is 4.90 Å². The molecule has 0 aliphatic heterocycles. The molecule has 0 unspecified atom stereocenters. The van der Waals surface area contributed by atoms with E-state index in [0.29, 0.717) is 12.2 Å². The maximum atomic E-state index is 9.17. The van der Waals surface area contributed by atoms with E-state index < -0.39 is 0 Å². The molecule has 0 fully saturated rings. The van der Waals surface area contributed by atoms with E-state index in [-0.39, 0.29) is 0 Å². The largest absolute Gasteiger partial charge is 0.508 e. The van der Waals surface area contributed by atoms with Crippen molar-refractivity contribution in [2.24, 2.45) is 0 Å². The number of nitrogens with zero attached hydrogens (tertiary/aromatic N) is 1. The van der Waals surface area contributed by atoms with Crippen LogP contribution < -0.4 is 0 Å². The van der Waals surface area contributed by atoms with E-state index in [2.05, 4.69) is 4.90 Å². The van der Waals surface area contributed by atoms with Gasteiger partial charge in [-0.3, -0.25) is 0 Å². The van der Waals surface area contributed by atoms with Crippen molar-refractivity contribution >= 4 is 6.29 Å². The number of rotatable bonds is 3. The molecule has 0 saturated heterocycles. The molecule has 0 aliphatic rings. The number of hydrogen-bond acceptors (Lipinski definition) is 3. The van der Waals surface area contributed by atoms with Gasteiger partial charge in [0.05, 0.1) is 0 Å². The van der Waals surface area contributed by atoms with Gasteiger partial charge in [0, 0.05) is 13.0 Å². The van der Waals surface area contributed by atoms with Crippen molar-refractivity contribution in [3.8, 4) is 5.75 Å². The van der Waals surface area contributed by atoms with E-state index in [0.717, 1.165) is 12.8 Å². The zero-order valence-electron chi connectivity index (χ0n) is 13.6. The lowest BCUT2D eigenvalue weighted by Crippen LogP contribution is -2.10. The quantitative estimate of drug-likeness (QED) is 0.840. The van der Waals surface area contributed by atoms with Crippen LogP contribution in [0.4, 0.5) is 0 Å². The van der Waals surface area contributed by atoms with E-state index in [1.807, 2.05) is 60.8 Å². The lowest BCUT2D eigenvalue weighted by Gasteiger charge is -2.08. The maximum Gasteiger partial charge on any atom is 0.119 e. The van der Waals surface area contributed by atoms with Gasteiger partial charge in [0.15, 0.2) is 0 Å². The summed E-state index contributed by atoms with van der Waals surface area (Å²) < 4.78 is 0. The highest BCUT2D eigenvalue weighted by Crippen LogP contribution is 2.10. The number of aromatic hydroxyl groups is 1. The average Bonchev–Trinajstić information content (AvgIpc) is 2.45. The number of hydrogen-bond donors (Lipinski definition) is 1. The molecular weight excluding hydrogens is 238 g/mol. The Kier molecular flexibility index (Phi) is 22.8. The van der Waals surface area contributed by atoms with Crippen molar-refractivity contribution in [2.75, 3.05) is 14.1 Å². The van der Waals surface area contributed by atoms with Crippen LogP contribution in [-0.2, 0) is 11.3 Å². The molecule has 0 atom stereocenters. The van der Waals surface area contributed by atoms with Gasteiger partial charge in [0.2, 0.25) is 0 Å². The van der Waals surface area contributed by atoms with Gasteiger partial charge < -0.3 is 14.8 Å². The van der Waals surface area contributed by atoms with Crippen molar-refractivity contribution < 1.29 is 9.90 Å². The summed E-state index contributed by atoms with van der Waals surface area (Å²) in [7, 11) is 4.04. The van der Waals surface area contributed by atoms with Crippen LogP contribution in [0.15, 0.2) is 24.3 Å². The minimum atomic E-state index is 0.326. The van der Waals surface area contributed by atoms with Crippen LogP contribution in [0.2, 0.25) is 0 Å². The Morgan fingerprint density at radius 2 is 1.42 bits per heavy atom. The molecule has 0 aliphatic carbocycles. The van der Waals surface area contributed by atoms with Crippen molar-refractivity contribution in [3.63, 3.8) is 0 Å². The third kappa shape index (κ3) is 19.2. The molecule has 1 aromatic carbocycles. The third-order valence-corrected chi connectivity index (χ3v) is 1.60. The van der Waals surface area contributed by atoms with Gasteiger partial charge in [0.25, 0.3) is 0 Å². The maximum absolute atomic E-state index is 9.17. The molecule has 3 nitrogen and oxygen atoms in total. The van der Waals surface area contributed by atoms with Crippen LogP contribution in [0.3, 0.4) is 0 Å². The molecule has 0 amide bonds. The zero-order valence-corrected chi connectivity index (χ0v) is 13.6. The normalized spacial score (nSPS) is 8.00. The second-order valence-electron chi connectivity index (χ2n) is 3.48. The second-order valence-corrected chi connectivity index (χ2v) is 3.48. The molecule has 1 N–H and O–H groups in total. The summed E-state index contributed by atoms with van der Waals surface area (Å²) in [5.74, 6) is 0.326. The van der Waals surface area contributed by atoms with Gasteiger partial charge in [-0.05, 0) is 31.8 Å². The SMILES string of the molecule is CC.CC.CCC=O.CN(C)Cc1ccc(O)cc1. The molecule has 1 rings (SSSR count). The summed E-state index contributed by atoms with van der Waals surface area (Å²) in [4.78, 5) is 11.3. The first-order valence-corrected chi connectivity index (χ1v) is 6.96. The van der Waals surface area contributed by atoms with Crippen LogP contribution in [0, 0.1) is 0 Å². The minimum Gasteiger partial charge on any atom is -0.508 e. The predicted octanol–water partition coefficient (Wildman–Crippen LogP) is 4.10. The van der Waals surface area contributed by atoms with Crippen molar-refractivity contribution in [2.45, 2.75) is 47.6 Å². The fourth-order valence-corrected chi connectivity index (χ4v) is 0.967. The molecule has 0 aromatic heterocycles. The number of carbonyl (C=O) groups is 1. The van der Waals surface area contributed by atoms with E-state index in [9.17, 15) is 4.79 Å². The minimum absolute atomic E-state index is 0.326. The number of aldehydes is 1. The van der Waals surface area contributed by atoms with E-state index in [1.54, 1.807) is 12.1 Å². The van der Waals surface area contributed by atoms with Crippen LogP contribution in [0.25, 0.3) is 0 Å². The Bertz CT molecular complexity index is 269. The molecule has 19 heavy (non-hydrogen) atoms. The van der Waals surface area contributed by atoms with Gasteiger partial charge in [-0.15, -0.1) is 0 Å². The molecule has 0 bridgehead atoms. The van der Waals surface area contributed by atoms with Crippen molar-refractivity contribution in [3.05, 3.63) is 29.8 Å². The first-order chi connectivity index (χ1) is 9.10. The first-order valence-electron chi connectivity index (χ1n) is 6.96. The molecule has 0 radical (unpaired) electrons. The molecule has 1 aromatic rings. The summed E-state index contributed by atoms with van der Waals surface area (Å²) in [6.45, 7) is 10.7.